The van der Waals surface area contributed by atoms with E-state index < -0.39 is 4.92 Å². The number of morpholine rings is 1. The molecule has 1 aromatic heterocycles. The zero-order valence-electron chi connectivity index (χ0n) is 11.7. The van der Waals surface area contributed by atoms with Gasteiger partial charge in [0.25, 0.3) is 5.69 Å². The minimum Gasteiger partial charge on any atom is -0.378 e. The topological polar surface area (TPSA) is 101 Å². The number of hydrogen-bond acceptors (Lipinski definition) is 6. The smallest absolute Gasteiger partial charge is 0.271 e. The molecule has 1 saturated heterocycles. The van der Waals surface area contributed by atoms with Gasteiger partial charge in [-0.1, -0.05) is 11.8 Å². The van der Waals surface area contributed by atoms with Gasteiger partial charge in [0.2, 0.25) is 5.91 Å². The average Bonchev–Trinajstić information content (AvgIpc) is 2.95. The Morgan fingerprint density at radius 2 is 2.23 bits per heavy atom. The van der Waals surface area contributed by atoms with E-state index in [-0.39, 0.29) is 17.3 Å². The number of non-ortho nitro benzene ring substituents is 1. The maximum atomic E-state index is 12.0. The lowest BCUT2D eigenvalue weighted by Gasteiger charge is -2.26. The highest BCUT2D eigenvalue weighted by molar-refractivity contribution is 7.99. The third-order valence-electron chi connectivity index (χ3n) is 3.35. The Hall–Kier alpha value is -2.13. The lowest BCUT2D eigenvalue weighted by molar-refractivity contribution is -0.384. The first kappa shape index (κ1) is 14.8. The number of aromatic amines is 1. The van der Waals surface area contributed by atoms with Crippen LogP contribution in [0.25, 0.3) is 11.0 Å². The van der Waals surface area contributed by atoms with E-state index in [1.165, 1.54) is 23.9 Å². The summed E-state index contributed by atoms with van der Waals surface area (Å²) >= 11 is 1.29. The Morgan fingerprint density at radius 1 is 1.45 bits per heavy atom. The molecular formula is C13H14N4O4S. The Morgan fingerprint density at radius 3 is 2.95 bits per heavy atom. The summed E-state index contributed by atoms with van der Waals surface area (Å²) in [4.78, 5) is 31.4. The Labute approximate surface area is 130 Å². The van der Waals surface area contributed by atoms with Crippen molar-refractivity contribution in [1.29, 1.82) is 0 Å². The van der Waals surface area contributed by atoms with E-state index in [9.17, 15) is 14.9 Å². The van der Waals surface area contributed by atoms with Crippen LogP contribution in [0.4, 0.5) is 5.69 Å². The molecule has 9 heteroatoms. The lowest BCUT2D eigenvalue weighted by Crippen LogP contribution is -2.41. The first-order valence-electron chi connectivity index (χ1n) is 6.76. The van der Waals surface area contributed by atoms with Crippen molar-refractivity contribution in [3.05, 3.63) is 28.3 Å². The van der Waals surface area contributed by atoms with E-state index >= 15 is 0 Å². The molecule has 0 unspecified atom stereocenters. The fraction of sp³-hybridized carbons (Fsp3) is 0.385. The Bertz CT molecular complexity index is 711. The molecule has 22 heavy (non-hydrogen) atoms. The van der Waals surface area contributed by atoms with Crippen molar-refractivity contribution in [3.8, 4) is 0 Å². The summed E-state index contributed by atoms with van der Waals surface area (Å²) < 4.78 is 5.21. The normalized spacial score (nSPS) is 15.2. The summed E-state index contributed by atoms with van der Waals surface area (Å²) in [6.45, 7) is 2.38. The molecule has 0 saturated carbocycles. The van der Waals surface area contributed by atoms with Gasteiger partial charge in [-0.25, -0.2) is 4.98 Å². The number of carbonyl (C=O) groups is 1. The van der Waals surface area contributed by atoms with Crippen LogP contribution in [-0.2, 0) is 9.53 Å². The van der Waals surface area contributed by atoms with Gasteiger partial charge in [0, 0.05) is 25.2 Å². The Kier molecular flexibility index (Phi) is 4.25. The fourth-order valence-electron chi connectivity index (χ4n) is 2.19. The number of imidazole rings is 1. The number of nitrogens with zero attached hydrogens (tertiary/aromatic N) is 3. The molecule has 1 fully saturated rings. The van der Waals surface area contributed by atoms with Crippen molar-refractivity contribution in [1.82, 2.24) is 14.9 Å². The van der Waals surface area contributed by atoms with E-state index in [2.05, 4.69) is 9.97 Å². The van der Waals surface area contributed by atoms with E-state index in [4.69, 9.17) is 4.74 Å². The molecule has 1 aliphatic rings. The van der Waals surface area contributed by atoms with E-state index in [1.807, 2.05) is 0 Å². The highest BCUT2D eigenvalue weighted by Crippen LogP contribution is 2.23. The first-order valence-corrected chi connectivity index (χ1v) is 7.74. The molecule has 2 heterocycles. The van der Waals surface area contributed by atoms with Crippen molar-refractivity contribution in [2.24, 2.45) is 0 Å². The number of rotatable bonds is 4. The van der Waals surface area contributed by atoms with Crippen molar-refractivity contribution in [3.63, 3.8) is 0 Å². The minimum absolute atomic E-state index is 0.0112. The number of fused-ring (bicyclic) bond motifs is 1. The highest BCUT2D eigenvalue weighted by Gasteiger charge is 2.17. The Balaban J connectivity index is 1.66. The van der Waals surface area contributed by atoms with Crippen LogP contribution in [0.3, 0.4) is 0 Å². The molecule has 3 rings (SSSR count). The van der Waals surface area contributed by atoms with Crippen molar-refractivity contribution >= 4 is 34.4 Å². The first-order chi connectivity index (χ1) is 10.6. The number of thioether (sulfide) groups is 1. The molecule has 0 aliphatic carbocycles. The number of H-pyrrole nitrogens is 1. The van der Waals surface area contributed by atoms with E-state index in [1.54, 1.807) is 11.0 Å². The summed E-state index contributed by atoms with van der Waals surface area (Å²) in [6, 6.07) is 4.45. The summed E-state index contributed by atoms with van der Waals surface area (Å²) in [5.41, 5.74) is 1.25. The van der Waals surface area contributed by atoms with Crippen molar-refractivity contribution in [2.45, 2.75) is 5.16 Å². The molecule has 2 aromatic rings. The van der Waals surface area contributed by atoms with Crippen LogP contribution in [0.15, 0.2) is 23.4 Å². The molecule has 0 radical (unpaired) electrons. The maximum absolute atomic E-state index is 12.0. The van der Waals surface area contributed by atoms with Crippen LogP contribution >= 0.6 is 11.8 Å². The maximum Gasteiger partial charge on any atom is 0.271 e. The summed E-state index contributed by atoms with van der Waals surface area (Å²) in [5, 5.41) is 11.3. The number of nitro groups is 1. The van der Waals surface area contributed by atoms with Crippen LogP contribution in [0.5, 0.6) is 0 Å². The van der Waals surface area contributed by atoms with E-state index in [0.717, 1.165) is 0 Å². The number of amides is 1. The zero-order chi connectivity index (χ0) is 15.5. The number of carbonyl (C=O) groups excluding carboxylic acids is 1. The predicted octanol–water partition coefficient (Wildman–Crippen LogP) is 1.42. The second-order valence-electron chi connectivity index (χ2n) is 4.78. The molecule has 1 aromatic carbocycles. The van der Waals surface area contributed by atoms with Crippen LogP contribution in [-0.4, -0.2) is 57.8 Å². The van der Waals surface area contributed by atoms with Gasteiger partial charge in [-0.2, -0.15) is 0 Å². The van der Waals surface area contributed by atoms with Gasteiger partial charge >= 0.3 is 0 Å². The third-order valence-corrected chi connectivity index (χ3v) is 4.21. The van der Waals surface area contributed by atoms with Gasteiger partial charge in [0.1, 0.15) is 0 Å². The second kappa shape index (κ2) is 6.32. The monoisotopic (exact) mass is 322 g/mol. The van der Waals surface area contributed by atoms with Crippen molar-refractivity contribution < 1.29 is 14.5 Å². The number of benzene rings is 1. The molecule has 116 valence electrons. The molecule has 0 atom stereocenters. The minimum atomic E-state index is -0.449. The fourth-order valence-corrected chi connectivity index (χ4v) is 2.98. The van der Waals surface area contributed by atoms with Crippen LogP contribution in [0.1, 0.15) is 0 Å². The quantitative estimate of drug-likeness (QED) is 0.519. The van der Waals surface area contributed by atoms with Crippen LogP contribution in [0, 0.1) is 10.1 Å². The molecule has 8 nitrogen and oxygen atoms in total. The second-order valence-corrected chi connectivity index (χ2v) is 5.75. The van der Waals surface area contributed by atoms with Gasteiger partial charge < -0.3 is 14.6 Å². The van der Waals surface area contributed by atoms with E-state index in [0.29, 0.717) is 42.5 Å². The third kappa shape index (κ3) is 3.20. The lowest BCUT2D eigenvalue weighted by atomic mass is 10.3. The van der Waals surface area contributed by atoms with Gasteiger partial charge in [0.15, 0.2) is 5.16 Å². The largest absolute Gasteiger partial charge is 0.378 e. The van der Waals surface area contributed by atoms with Gasteiger partial charge in [0.05, 0.1) is 34.9 Å². The molecule has 0 bridgehead atoms. The molecular weight excluding hydrogens is 308 g/mol. The molecule has 1 aliphatic heterocycles. The number of nitro benzene ring substituents is 1. The highest BCUT2D eigenvalue weighted by atomic mass is 32.2. The van der Waals surface area contributed by atoms with Gasteiger partial charge in [-0.15, -0.1) is 0 Å². The molecule has 1 N–H and O–H groups in total. The van der Waals surface area contributed by atoms with Crippen LogP contribution < -0.4 is 0 Å². The number of hydrogen-bond donors (Lipinski definition) is 1. The van der Waals surface area contributed by atoms with Crippen LogP contribution in [0.2, 0.25) is 0 Å². The molecule has 1 amide bonds. The summed E-state index contributed by atoms with van der Waals surface area (Å²) in [7, 11) is 0. The number of nitrogens with one attached hydrogen (secondary N) is 1. The zero-order valence-corrected chi connectivity index (χ0v) is 12.5. The van der Waals surface area contributed by atoms with Gasteiger partial charge in [-0.3, -0.25) is 14.9 Å². The number of aromatic nitrogens is 2. The number of ether oxygens (including phenoxy) is 1. The summed E-state index contributed by atoms with van der Waals surface area (Å²) in [5.74, 6) is 0.321. The van der Waals surface area contributed by atoms with Gasteiger partial charge in [-0.05, 0) is 6.07 Å². The molecule has 0 spiro atoms. The van der Waals surface area contributed by atoms with Crippen molar-refractivity contribution in [2.75, 3.05) is 32.1 Å². The predicted molar refractivity (Wildman–Crippen MR) is 80.9 cm³/mol. The SMILES string of the molecule is O=C(CSc1nc2ccc([N+](=O)[O-])cc2[nH]1)N1CCOCC1. The average molecular weight is 322 g/mol. The standard InChI is InChI=1S/C13H14N4O4S/c18-12(16-3-5-21-6-4-16)8-22-13-14-10-2-1-9(17(19)20)7-11(10)15-13/h1-2,7H,3-6,8H2,(H,14,15). The summed E-state index contributed by atoms with van der Waals surface area (Å²) in [6.07, 6.45) is 0.